The highest BCUT2D eigenvalue weighted by Gasteiger charge is 2.27. The van der Waals surface area contributed by atoms with E-state index in [1.54, 1.807) is 13.2 Å². The van der Waals surface area contributed by atoms with Crippen LogP contribution in [0.4, 0.5) is 11.6 Å². The van der Waals surface area contributed by atoms with Gasteiger partial charge in [-0.3, -0.25) is 4.79 Å². The summed E-state index contributed by atoms with van der Waals surface area (Å²) < 4.78 is 5.22. The number of hydrogen-bond acceptors (Lipinski definition) is 7. The number of nitrogens with one attached hydrogen (secondary N) is 1. The maximum atomic E-state index is 12.9. The van der Waals surface area contributed by atoms with E-state index in [2.05, 4.69) is 20.2 Å². The molecule has 1 fully saturated rings. The van der Waals surface area contributed by atoms with Crippen molar-refractivity contribution in [2.45, 2.75) is 12.8 Å². The van der Waals surface area contributed by atoms with Crippen LogP contribution >= 0.6 is 0 Å². The number of ether oxygens (including phenoxy) is 1. The molecule has 0 radical (unpaired) electrons. The molecule has 0 aliphatic carbocycles. The molecular weight excluding hydrogens is 332 g/mol. The van der Waals surface area contributed by atoms with Crippen LogP contribution in [0.15, 0.2) is 36.7 Å². The van der Waals surface area contributed by atoms with Crippen molar-refractivity contribution in [1.29, 1.82) is 0 Å². The molecule has 1 saturated heterocycles. The van der Waals surface area contributed by atoms with E-state index in [0.29, 0.717) is 30.2 Å². The number of carbonyl (C=O) groups excluding carboxylic acids is 1. The smallest absolute Gasteiger partial charge is 0.167 e. The van der Waals surface area contributed by atoms with Crippen LogP contribution < -0.4 is 15.0 Å². The zero-order chi connectivity index (χ0) is 18.4. The van der Waals surface area contributed by atoms with Crippen molar-refractivity contribution in [3.63, 3.8) is 0 Å². The quantitative estimate of drug-likeness (QED) is 0.734. The largest absolute Gasteiger partial charge is 0.497 e. The number of anilines is 2. The molecule has 1 aromatic heterocycles. The van der Waals surface area contributed by atoms with Gasteiger partial charge >= 0.3 is 0 Å². The van der Waals surface area contributed by atoms with Crippen molar-refractivity contribution in [2.75, 3.05) is 43.6 Å². The van der Waals surface area contributed by atoms with E-state index < -0.39 is 0 Å². The second-order valence-electron chi connectivity index (χ2n) is 6.29. The molecule has 3 rings (SSSR count). The van der Waals surface area contributed by atoms with E-state index in [1.165, 1.54) is 6.33 Å². The van der Waals surface area contributed by atoms with Gasteiger partial charge in [-0.1, -0.05) is 12.1 Å². The summed E-state index contributed by atoms with van der Waals surface area (Å²) in [6.45, 7) is 1.97. The molecule has 2 heterocycles. The number of benzene rings is 1. The summed E-state index contributed by atoms with van der Waals surface area (Å²) in [5.41, 5.74) is 0.684. The number of rotatable bonds is 7. The van der Waals surface area contributed by atoms with Gasteiger partial charge in [0.1, 0.15) is 23.7 Å². The zero-order valence-electron chi connectivity index (χ0n) is 14.9. The molecule has 2 N–H and O–H groups in total. The van der Waals surface area contributed by atoms with Crippen LogP contribution in [-0.2, 0) is 0 Å². The Balaban J connectivity index is 1.71. The lowest BCUT2D eigenvalue weighted by atomic mass is 9.90. The molecule has 1 aromatic carbocycles. The molecule has 7 heteroatoms. The minimum atomic E-state index is -0.0697. The van der Waals surface area contributed by atoms with Crippen molar-refractivity contribution < 1.29 is 14.6 Å². The molecule has 2 aromatic rings. The Hall–Kier alpha value is -2.67. The predicted molar refractivity (Wildman–Crippen MR) is 99.9 cm³/mol. The summed E-state index contributed by atoms with van der Waals surface area (Å²) in [5.74, 6) is 2.23. The fraction of sp³-hybridized carbons (Fsp3) is 0.421. The lowest BCUT2D eigenvalue weighted by Gasteiger charge is -2.33. The predicted octanol–water partition coefficient (Wildman–Crippen LogP) is 1.99. The van der Waals surface area contributed by atoms with Crippen molar-refractivity contribution in [2.24, 2.45) is 5.92 Å². The molecule has 1 aliphatic heterocycles. The third-order valence-corrected chi connectivity index (χ3v) is 4.54. The number of piperidine rings is 1. The lowest BCUT2D eigenvalue weighted by molar-refractivity contribution is 0.0906. The monoisotopic (exact) mass is 356 g/mol. The molecule has 1 aliphatic rings. The van der Waals surface area contributed by atoms with Crippen LogP contribution in [0.5, 0.6) is 5.75 Å². The molecule has 7 nitrogen and oxygen atoms in total. The van der Waals surface area contributed by atoms with Crippen LogP contribution in [0.3, 0.4) is 0 Å². The van der Waals surface area contributed by atoms with Crippen LogP contribution in [-0.4, -0.2) is 54.2 Å². The van der Waals surface area contributed by atoms with Gasteiger partial charge in [0.25, 0.3) is 0 Å². The topological polar surface area (TPSA) is 87.6 Å². The van der Waals surface area contributed by atoms with Crippen LogP contribution in [0.2, 0.25) is 0 Å². The van der Waals surface area contributed by atoms with Gasteiger partial charge < -0.3 is 20.1 Å². The minimum absolute atomic E-state index is 0.0418. The molecule has 0 spiro atoms. The van der Waals surface area contributed by atoms with Crippen LogP contribution in [0.25, 0.3) is 0 Å². The first-order valence-electron chi connectivity index (χ1n) is 8.81. The number of aliphatic hydroxyl groups is 1. The number of ketones is 1. The third kappa shape index (κ3) is 4.29. The zero-order valence-corrected chi connectivity index (χ0v) is 14.9. The van der Waals surface area contributed by atoms with Gasteiger partial charge in [0.2, 0.25) is 0 Å². The van der Waals surface area contributed by atoms with E-state index >= 15 is 0 Å². The van der Waals surface area contributed by atoms with Gasteiger partial charge in [-0.2, -0.15) is 0 Å². The number of aliphatic hydroxyl groups excluding tert-OH is 1. The minimum Gasteiger partial charge on any atom is -0.497 e. The molecular formula is C19H24N4O3. The second-order valence-corrected chi connectivity index (χ2v) is 6.29. The normalized spacial score (nSPS) is 17.0. The van der Waals surface area contributed by atoms with E-state index in [0.717, 1.165) is 25.2 Å². The molecule has 0 amide bonds. The highest BCUT2D eigenvalue weighted by atomic mass is 16.5. The van der Waals surface area contributed by atoms with E-state index in [1.807, 2.05) is 24.3 Å². The Bertz CT molecular complexity index is 753. The Labute approximate surface area is 153 Å². The average molecular weight is 356 g/mol. The first kappa shape index (κ1) is 18.1. The van der Waals surface area contributed by atoms with Gasteiger partial charge in [-0.05, 0) is 25.0 Å². The molecule has 1 unspecified atom stereocenters. The van der Waals surface area contributed by atoms with Crippen molar-refractivity contribution >= 4 is 17.4 Å². The van der Waals surface area contributed by atoms with Gasteiger partial charge in [0.05, 0.1) is 13.7 Å². The maximum Gasteiger partial charge on any atom is 0.167 e. The highest BCUT2D eigenvalue weighted by molar-refractivity contribution is 5.98. The average Bonchev–Trinajstić information content (AvgIpc) is 2.72. The summed E-state index contributed by atoms with van der Waals surface area (Å²) in [7, 11) is 1.60. The Morgan fingerprint density at radius 3 is 3.08 bits per heavy atom. The Morgan fingerprint density at radius 2 is 2.27 bits per heavy atom. The first-order chi connectivity index (χ1) is 12.7. The lowest BCUT2D eigenvalue weighted by Crippen LogP contribution is -2.39. The number of Topliss-reactive ketones (excluding diaryl/α,β-unsaturated/α-hetero) is 1. The first-order valence-corrected chi connectivity index (χ1v) is 8.81. The highest BCUT2D eigenvalue weighted by Crippen LogP contribution is 2.26. The van der Waals surface area contributed by atoms with Crippen molar-refractivity contribution in [3.8, 4) is 5.75 Å². The van der Waals surface area contributed by atoms with Crippen molar-refractivity contribution in [3.05, 3.63) is 42.2 Å². The fourth-order valence-electron chi connectivity index (χ4n) is 3.21. The summed E-state index contributed by atoms with van der Waals surface area (Å²) in [5, 5.41) is 12.0. The fourth-order valence-corrected chi connectivity index (χ4v) is 3.21. The number of hydrogen-bond donors (Lipinski definition) is 2. The Morgan fingerprint density at radius 1 is 1.38 bits per heavy atom. The second kappa shape index (κ2) is 8.62. The van der Waals surface area contributed by atoms with Gasteiger partial charge in [-0.15, -0.1) is 0 Å². The molecule has 0 bridgehead atoms. The number of nitrogens with zero attached hydrogens (tertiary/aromatic N) is 3. The van der Waals surface area contributed by atoms with Gasteiger partial charge in [0, 0.05) is 37.2 Å². The number of aromatic nitrogens is 2. The van der Waals surface area contributed by atoms with Gasteiger partial charge in [-0.25, -0.2) is 9.97 Å². The number of carbonyl (C=O) groups is 1. The number of methoxy groups -OCH3 is 1. The standard InChI is InChI=1S/C19H24N4O3/c1-26-16-6-2-4-14(10-16)19(25)15-5-3-8-23(12-15)18-11-17(20-7-9-24)21-13-22-18/h2,4,6,10-11,13,15,24H,3,5,7-9,12H2,1H3,(H,20,21,22). The summed E-state index contributed by atoms with van der Waals surface area (Å²) in [4.78, 5) is 23.5. The van der Waals surface area contributed by atoms with E-state index in [4.69, 9.17) is 9.84 Å². The molecule has 138 valence electrons. The summed E-state index contributed by atoms with van der Waals surface area (Å²) >= 11 is 0. The SMILES string of the molecule is COc1cccc(C(=O)C2CCCN(c3cc(NCCO)ncn3)C2)c1. The maximum absolute atomic E-state index is 12.9. The summed E-state index contributed by atoms with van der Waals surface area (Å²) in [6.07, 6.45) is 3.31. The van der Waals surface area contributed by atoms with E-state index in [-0.39, 0.29) is 18.3 Å². The van der Waals surface area contributed by atoms with Crippen LogP contribution in [0.1, 0.15) is 23.2 Å². The van der Waals surface area contributed by atoms with E-state index in [9.17, 15) is 4.79 Å². The Kier molecular flexibility index (Phi) is 6.01. The molecule has 26 heavy (non-hydrogen) atoms. The third-order valence-electron chi connectivity index (χ3n) is 4.54. The molecule has 0 saturated carbocycles. The van der Waals surface area contributed by atoms with Crippen LogP contribution in [0, 0.1) is 5.92 Å². The molecule has 1 atom stereocenters. The summed E-state index contributed by atoms with van der Waals surface area (Å²) in [6, 6.07) is 9.17. The van der Waals surface area contributed by atoms with Crippen molar-refractivity contribution in [1.82, 2.24) is 9.97 Å². The van der Waals surface area contributed by atoms with Gasteiger partial charge in [0.15, 0.2) is 5.78 Å².